The van der Waals surface area contributed by atoms with E-state index in [1.165, 1.54) is 6.42 Å². The molecule has 1 aliphatic rings. The lowest BCUT2D eigenvalue weighted by Gasteiger charge is -2.15. The molecule has 0 aliphatic carbocycles. The minimum Gasteiger partial charge on any atom is -0.492 e. The van der Waals surface area contributed by atoms with E-state index in [-0.39, 0.29) is 12.6 Å². The van der Waals surface area contributed by atoms with E-state index in [2.05, 4.69) is 16.8 Å². The van der Waals surface area contributed by atoms with Gasteiger partial charge in [0.15, 0.2) is 0 Å². The third kappa shape index (κ3) is 4.62. The van der Waals surface area contributed by atoms with Gasteiger partial charge in [-0.05, 0) is 49.6 Å². The monoisotopic (exact) mass is 392 g/mol. The SMILES string of the molecule is Cc1[nH]c2ccc(OCCN3CCC(C)C3)cc2c1C(=O)OCc1ccccc1. The molecule has 0 spiro atoms. The van der Waals surface area contributed by atoms with Gasteiger partial charge in [-0.25, -0.2) is 4.79 Å². The Balaban J connectivity index is 1.43. The number of ether oxygens (including phenoxy) is 2. The van der Waals surface area contributed by atoms with Crippen molar-refractivity contribution in [2.75, 3.05) is 26.2 Å². The highest BCUT2D eigenvalue weighted by Crippen LogP contribution is 2.27. The van der Waals surface area contributed by atoms with Crippen LogP contribution in [0.5, 0.6) is 5.75 Å². The minimum atomic E-state index is -0.319. The number of carbonyl (C=O) groups is 1. The molecule has 1 saturated heterocycles. The van der Waals surface area contributed by atoms with Crippen molar-refractivity contribution in [2.24, 2.45) is 5.92 Å². The fourth-order valence-corrected chi connectivity index (χ4v) is 3.98. The molecule has 1 atom stereocenters. The largest absolute Gasteiger partial charge is 0.492 e. The Morgan fingerprint density at radius 3 is 2.79 bits per heavy atom. The Kier molecular flexibility index (Phi) is 5.86. The summed E-state index contributed by atoms with van der Waals surface area (Å²) >= 11 is 0. The number of esters is 1. The van der Waals surface area contributed by atoms with Crippen LogP contribution in [0.15, 0.2) is 48.5 Å². The Labute approximate surface area is 171 Å². The maximum absolute atomic E-state index is 12.8. The first kappa shape index (κ1) is 19.5. The highest BCUT2D eigenvalue weighted by atomic mass is 16.5. The van der Waals surface area contributed by atoms with Crippen molar-refractivity contribution >= 4 is 16.9 Å². The second-order valence-corrected chi connectivity index (χ2v) is 7.94. The smallest absolute Gasteiger partial charge is 0.340 e. The summed E-state index contributed by atoms with van der Waals surface area (Å²) in [7, 11) is 0. The van der Waals surface area contributed by atoms with Gasteiger partial charge >= 0.3 is 5.97 Å². The Morgan fingerprint density at radius 1 is 1.21 bits per heavy atom. The van der Waals surface area contributed by atoms with Crippen LogP contribution >= 0.6 is 0 Å². The Morgan fingerprint density at radius 2 is 2.03 bits per heavy atom. The number of hydrogen-bond acceptors (Lipinski definition) is 4. The Bertz CT molecular complexity index is 980. The predicted molar refractivity (Wildman–Crippen MR) is 114 cm³/mol. The molecule has 0 bridgehead atoms. The number of fused-ring (bicyclic) bond motifs is 1. The zero-order valence-electron chi connectivity index (χ0n) is 17.1. The maximum atomic E-state index is 12.8. The molecule has 3 aromatic rings. The lowest BCUT2D eigenvalue weighted by atomic mass is 10.1. The van der Waals surface area contributed by atoms with Crippen LogP contribution in [-0.2, 0) is 11.3 Å². The van der Waals surface area contributed by atoms with Crippen LogP contribution in [0, 0.1) is 12.8 Å². The maximum Gasteiger partial charge on any atom is 0.340 e. The fourth-order valence-electron chi connectivity index (χ4n) is 3.98. The van der Waals surface area contributed by atoms with Gasteiger partial charge in [0.2, 0.25) is 0 Å². The average molecular weight is 392 g/mol. The molecule has 1 fully saturated rings. The summed E-state index contributed by atoms with van der Waals surface area (Å²) in [5, 5.41) is 0.841. The topological polar surface area (TPSA) is 54.6 Å². The number of nitrogens with zero attached hydrogens (tertiary/aromatic N) is 1. The van der Waals surface area contributed by atoms with Crippen LogP contribution in [0.3, 0.4) is 0 Å². The van der Waals surface area contributed by atoms with Gasteiger partial charge in [0.1, 0.15) is 19.0 Å². The van der Waals surface area contributed by atoms with Gasteiger partial charge < -0.3 is 14.5 Å². The van der Waals surface area contributed by atoms with Crippen LogP contribution in [0.25, 0.3) is 10.9 Å². The van der Waals surface area contributed by atoms with E-state index in [1.807, 2.05) is 55.5 Å². The third-order valence-corrected chi connectivity index (χ3v) is 5.56. The van der Waals surface area contributed by atoms with Crippen molar-refractivity contribution in [3.8, 4) is 5.75 Å². The quantitative estimate of drug-likeness (QED) is 0.599. The van der Waals surface area contributed by atoms with Crippen molar-refractivity contribution in [2.45, 2.75) is 26.9 Å². The molecule has 29 heavy (non-hydrogen) atoms. The van der Waals surface area contributed by atoms with E-state index < -0.39 is 0 Å². The number of aryl methyl sites for hydroxylation is 1. The summed E-state index contributed by atoms with van der Waals surface area (Å²) in [6, 6.07) is 15.6. The second kappa shape index (κ2) is 8.70. The highest BCUT2D eigenvalue weighted by Gasteiger charge is 2.19. The van der Waals surface area contributed by atoms with Gasteiger partial charge in [0, 0.05) is 29.7 Å². The van der Waals surface area contributed by atoms with Crippen molar-refractivity contribution in [3.63, 3.8) is 0 Å². The molecule has 5 nitrogen and oxygen atoms in total. The average Bonchev–Trinajstić information content (AvgIpc) is 3.28. The number of benzene rings is 2. The molecular weight excluding hydrogens is 364 g/mol. The van der Waals surface area contributed by atoms with E-state index in [4.69, 9.17) is 9.47 Å². The zero-order chi connectivity index (χ0) is 20.2. The number of aromatic nitrogens is 1. The van der Waals surface area contributed by atoms with E-state index in [0.29, 0.717) is 12.2 Å². The lowest BCUT2D eigenvalue weighted by molar-refractivity contribution is 0.0474. The molecule has 0 radical (unpaired) electrons. The Hall–Kier alpha value is -2.79. The molecule has 1 unspecified atom stereocenters. The van der Waals surface area contributed by atoms with Gasteiger partial charge in [-0.3, -0.25) is 4.90 Å². The molecule has 1 aromatic heterocycles. The van der Waals surface area contributed by atoms with Crippen molar-refractivity contribution in [3.05, 3.63) is 65.4 Å². The van der Waals surface area contributed by atoms with E-state index >= 15 is 0 Å². The van der Waals surface area contributed by atoms with Crippen LogP contribution in [0.2, 0.25) is 0 Å². The predicted octanol–water partition coefficient (Wildman–Crippen LogP) is 4.55. The minimum absolute atomic E-state index is 0.260. The molecule has 5 heteroatoms. The number of carbonyl (C=O) groups excluding carboxylic acids is 1. The fraction of sp³-hybridized carbons (Fsp3) is 0.375. The number of aromatic amines is 1. The standard InChI is InChI=1S/C24H28N2O3/c1-17-10-11-26(15-17)12-13-28-20-8-9-22-21(14-20)23(18(2)25-22)24(27)29-16-19-6-4-3-5-7-19/h3-9,14,17,25H,10-13,15-16H2,1-2H3. The first-order chi connectivity index (χ1) is 14.1. The van der Waals surface area contributed by atoms with Crippen molar-refractivity contribution in [1.82, 2.24) is 9.88 Å². The van der Waals surface area contributed by atoms with Gasteiger partial charge in [-0.2, -0.15) is 0 Å². The van der Waals surface area contributed by atoms with Gasteiger partial charge in [-0.1, -0.05) is 37.3 Å². The van der Waals surface area contributed by atoms with Crippen LogP contribution in [0.1, 0.15) is 35.0 Å². The van der Waals surface area contributed by atoms with Gasteiger partial charge in [0.05, 0.1) is 5.56 Å². The summed E-state index contributed by atoms with van der Waals surface area (Å²) in [5.41, 5.74) is 3.27. The molecule has 1 aliphatic heterocycles. The van der Waals surface area contributed by atoms with Crippen LogP contribution in [0.4, 0.5) is 0 Å². The van der Waals surface area contributed by atoms with Crippen molar-refractivity contribution in [1.29, 1.82) is 0 Å². The zero-order valence-corrected chi connectivity index (χ0v) is 17.1. The summed E-state index contributed by atoms with van der Waals surface area (Å²) in [5.74, 6) is 1.24. The molecule has 4 rings (SSSR count). The number of rotatable bonds is 7. The van der Waals surface area contributed by atoms with E-state index in [0.717, 1.165) is 53.5 Å². The molecule has 152 valence electrons. The molecule has 1 N–H and O–H groups in total. The molecule has 0 saturated carbocycles. The van der Waals surface area contributed by atoms with E-state index in [9.17, 15) is 4.79 Å². The summed E-state index contributed by atoms with van der Waals surface area (Å²) in [4.78, 5) is 18.5. The van der Waals surface area contributed by atoms with E-state index in [1.54, 1.807) is 0 Å². The van der Waals surface area contributed by atoms with Crippen LogP contribution < -0.4 is 4.74 Å². The molecular formula is C24H28N2O3. The first-order valence-corrected chi connectivity index (χ1v) is 10.3. The molecule has 2 heterocycles. The highest BCUT2D eigenvalue weighted by molar-refractivity contribution is 6.05. The number of likely N-dealkylation sites (tertiary alicyclic amines) is 1. The molecule has 0 amide bonds. The van der Waals surface area contributed by atoms with Crippen molar-refractivity contribution < 1.29 is 14.3 Å². The number of H-pyrrole nitrogens is 1. The van der Waals surface area contributed by atoms with Gasteiger partial charge in [-0.15, -0.1) is 0 Å². The summed E-state index contributed by atoms with van der Waals surface area (Å²) in [6.07, 6.45) is 1.27. The number of hydrogen-bond donors (Lipinski definition) is 1. The van der Waals surface area contributed by atoms with Gasteiger partial charge in [0.25, 0.3) is 0 Å². The summed E-state index contributed by atoms with van der Waals surface area (Å²) in [6.45, 7) is 8.33. The number of nitrogens with one attached hydrogen (secondary N) is 1. The lowest BCUT2D eigenvalue weighted by Crippen LogP contribution is -2.25. The normalized spacial score (nSPS) is 17.0. The molecule has 2 aromatic carbocycles. The second-order valence-electron chi connectivity index (χ2n) is 7.94. The van der Waals surface area contributed by atoms with Crippen LogP contribution in [-0.4, -0.2) is 42.1 Å². The third-order valence-electron chi connectivity index (χ3n) is 5.56. The first-order valence-electron chi connectivity index (χ1n) is 10.3. The summed E-state index contributed by atoms with van der Waals surface area (Å²) < 4.78 is 11.5.